The lowest BCUT2D eigenvalue weighted by Gasteiger charge is -2.38. The Labute approximate surface area is 247 Å². The van der Waals surface area contributed by atoms with Gasteiger partial charge in [0.15, 0.2) is 9.84 Å². The van der Waals surface area contributed by atoms with Gasteiger partial charge in [-0.2, -0.15) is 0 Å². The molecule has 1 N–H and O–H groups in total. The van der Waals surface area contributed by atoms with Crippen molar-refractivity contribution in [1.82, 2.24) is 20.0 Å². The van der Waals surface area contributed by atoms with Gasteiger partial charge in [-0.1, -0.05) is 42.5 Å². The van der Waals surface area contributed by atoms with Crippen molar-refractivity contribution in [3.05, 3.63) is 65.7 Å². The van der Waals surface area contributed by atoms with E-state index >= 15 is 0 Å². The van der Waals surface area contributed by atoms with E-state index in [1.165, 1.54) is 22.6 Å². The van der Waals surface area contributed by atoms with Gasteiger partial charge in [-0.15, -0.1) is 0 Å². The third-order valence-corrected chi connectivity index (χ3v) is 9.59. The van der Waals surface area contributed by atoms with Crippen LogP contribution in [0.1, 0.15) is 50.7 Å². The second-order valence-electron chi connectivity index (χ2n) is 12.8. The first-order valence-corrected chi connectivity index (χ1v) is 16.3. The Morgan fingerprint density at radius 1 is 1.00 bits per heavy atom. The molecule has 2 aromatic rings. The third kappa shape index (κ3) is 6.47. The molecule has 4 amide bonds. The highest BCUT2D eigenvalue weighted by atomic mass is 32.2. The number of carbonyl (C=O) groups is 3. The molecule has 3 fully saturated rings. The smallest absolute Gasteiger partial charge is 0.410 e. The molecule has 42 heavy (non-hydrogen) atoms. The molecule has 2 aromatic carbocycles. The second kappa shape index (κ2) is 11.3. The van der Waals surface area contributed by atoms with Gasteiger partial charge in [-0.05, 0) is 62.8 Å². The lowest BCUT2D eigenvalue weighted by Crippen LogP contribution is -2.55. The number of hydrogen-bond donors (Lipinski definition) is 1. The van der Waals surface area contributed by atoms with E-state index in [9.17, 15) is 22.8 Å². The molecule has 1 spiro atoms. The highest BCUT2D eigenvalue weighted by Crippen LogP contribution is 2.36. The zero-order chi connectivity index (χ0) is 30.3. The van der Waals surface area contributed by atoms with E-state index in [1.54, 1.807) is 17.0 Å². The number of benzene rings is 2. The lowest BCUT2D eigenvalue weighted by atomic mass is 9.85. The summed E-state index contributed by atoms with van der Waals surface area (Å²) in [5, 5.41) is 2.96. The summed E-state index contributed by atoms with van der Waals surface area (Å²) in [5.74, 6) is 0.139. The quantitative estimate of drug-likeness (QED) is 0.507. The van der Waals surface area contributed by atoms with E-state index in [-0.39, 0.29) is 35.3 Å². The van der Waals surface area contributed by atoms with Gasteiger partial charge in [0.1, 0.15) is 11.1 Å². The Kier molecular flexibility index (Phi) is 8.10. The van der Waals surface area contributed by atoms with Crippen LogP contribution < -0.4 is 5.32 Å². The first-order valence-electron chi connectivity index (χ1n) is 14.4. The Morgan fingerprint density at radius 2 is 1.64 bits per heavy atom. The maximum absolute atomic E-state index is 13.5. The Hall–Kier alpha value is -3.44. The van der Waals surface area contributed by atoms with Crippen LogP contribution in [0.25, 0.3) is 0 Å². The topological polar surface area (TPSA) is 116 Å². The molecule has 226 valence electrons. The highest BCUT2D eigenvalue weighted by molar-refractivity contribution is 7.90. The minimum absolute atomic E-state index is 0.0848. The number of urea groups is 1. The van der Waals surface area contributed by atoms with Crippen molar-refractivity contribution in [2.75, 3.05) is 39.0 Å². The molecule has 3 aliphatic heterocycles. The molecule has 10 nitrogen and oxygen atoms in total. The van der Waals surface area contributed by atoms with Gasteiger partial charge in [0.05, 0.1) is 11.4 Å². The zero-order valence-corrected chi connectivity index (χ0v) is 25.5. The molecule has 3 saturated heterocycles. The predicted octanol–water partition coefficient (Wildman–Crippen LogP) is 3.63. The summed E-state index contributed by atoms with van der Waals surface area (Å²) in [5.41, 5.74) is 0.380. The van der Waals surface area contributed by atoms with E-state index in [0.29, 0.717) is 44.6 Å². The first-order chi connectivity index (χ1) is 19.7. The fraction of sp³-hybridized carbons (Fsp3) is 0.516. The summed E-state index contributed by atoms with van der Waals surface area (Å²) < 4.78 is 29.2. The summed E-state index contributed by atoms with van der Waals surface area (Å²) in [6.07, 6.45) is 1.84. The summed E-state index contributed by atoms with van der Waals surface area (Å²) in [7, 11) is -3.33. The third-order valence-electron chi connectivity index (χ3n) is 8.46. The van der Waals surface area contributed by atoms with Crippen LogP contribution in [0, 0.1) is 5.92 Å². The van der Waals surface area contributed by atoms with Crippen LogP contribution in [0.2, 0.25) is 0 Å². The van der Waals surface area contributed by atoms with Gasteiger partial charge in [0.2, 0.25) is 0 Å². The first kappa shape index (κ1) is 30.0. The lowest BCUT2D eigenvalue weighted by molar-refractivity contribution is -0.133. The van der Waals surface area contributed by atoms with Gasteiger partial charge in [0, 0.05) is 44.9 Å². The maximum atomic E-state index is 13.5. The largest absolute Gasteiger partial charge is 0.444 e. The predicted molar refractivity (Wildman–Crippen MR) is 158 cm³/mol. The molecule has 0 bridgehead atoms. The summed E-state index contributed by atoms with van der Waals surface area (Å²) in [6, 6.07) is 16.1. The van der Waals surface area contributed by atoms with Crippen molar-refractivity contribution in [3.8, 4) is 0 Å². The Morgan fingerprint density at radius 3 is 2.24 bits per heavy atom. The van der Waals surface area contributed by atoms with E-state index in [1.807, 2.05) is 39.0 Å². The van der Waals surface area contributed by atoms with Gasteiger partial charge >= 0.3 is 12.1 Å². The monoisotopic (exact) mass is 596 g/mol. The normalized spacial score (nSPS) is 23.0. The number of nitrogens with zero attached hydrogens (tertiary/aromatic N) is 3. The number of sulfone groups is 1. The van der Waals surface area contributed by atoms with Gasteiger partial charge < -0.3 is 19.9 Å². The van der Waals surface area contributed by atoms with Crippen molar-refractivity contribution in [2.45, 2.75) is 62.1 Å². The molecule has 0 aromatic heterocycles. The van der Waals surface area contributed by atoms with Crippen LogP contribution in [0.15, 0.2) is 59.5 Å². The maximum Gasteiger partial charge on any atom is 0.410 e. The minimum Gasteiger partial charge on any atom is -0.444 e. The summed E-state index contributed by atoms with van der Waals surface area (Å²) in [6.45, 7) is 8.95. The molecule has 0 radical (unpaired) electrons. The van der Waals surface area contributed by atoms with E-state index in [4.69, 9.17) is 4.74 Å². The van der Waals surface area contributed by atoms with Crippen LogP contribution in [0.5, 0.6) is 0 Å². The number of likely N-dealkylation sites (tertiary alicyclic amines) is 2. The van der Waals surface area contributed by atoms with Gasteiger partial charge in [-0.3, -0.25) is 9.69 Å². The van der Waals surface area contributed by atoms with Crippen LogP contribution in [-0.4, -0.2) is 91.3 Å². The van der Waals surface area contributed by atoms with Crippen LogP contribution >= 0.6 is 0 Å². The zero-order valence-electron chi connectivity index (χ0n) is 24.7. The number of amides is 4. The molecule has 0 saturated carbocycles. The van der Waals surface area contributed by atoms with E-state index in [2.05, 4.69) is 22.3 Å². The van der Waals surface area contributed by atoms with E-state index < -0.39 is 27.0 Å². The number of hydrogen-bond acceptors (Lipinski definition) is 7. The average molecular weight is 597 g/mol. The van der Waals surface area contributed by atoms with Crippen molar-refractivity contribution < 1.29 is 27.5 Å². The number of rotatable bonds is 6. The van der Waals surface area contributed by atoms with Crippen molar-refractivity contribution in [3.63, 3.8) is 0 Å². The molecule has 2 unspecified atom stereocenters. The number of imide groups is 1. The fourth-order valence-corrected chi connectivity index (χ4v) is 6.87. The van der Waals surface area contributed by atoms with Crippen LogP contribution in [0.3, 0.4) is 0 Å². The average Bonchev–Trinajstić information content (AvgIpc) is 3.44. The van der Waals surface area contributed by atoms with Crippen LogP contribution in [-0.2, 0) is 25.9 Å². The molecular formula is C31H40N4O6S. The molecular weight excluding hydrogens is 556 g/mol. The summed E-state index contributed by atoms with van der Waals surface area (Å²) >= 11 is 0. The SMILES string of the molecule is CC(C)(C)OC(=O)N1CC(CN2CCC3(CC2)NC(=O)N(Cc2ccc(S(C)(=O)=O)cc2)C3=O)C(c2ccccc2)C1. The number of nitrogens with one attached hydrogen (secondary N) is 1. The number of carbonyl (C=O) groups excluding carboxylic acids is 3. The molecule has 5 rings (SSSR count). The van der Waals surface area contributed by atoms with Crippen molar-refractivity contribution in [1.29, 1.82) is 0 Å². The fourth-order valence-electron chi connectivity index (χ4n) is 6.24. The Bertz CT molecular complexity index is 1430. The van der Waals surface area contributed by atoms with Crippen LogP contribution in [0.4, 0.5) is 9.59 Å². The minimum atomic E-state index is -3.33. The van der Waals surface area contributed by atoms with Crippen molar-refractivity contribution in [2.24, 2.45) is 5.92 Å². The molecule has 3 heterocycles. The molecule has 3 aliphatic rings. The molecule has 2 atom stereocenters. The van der Waals surface area contributed by atoms with Gasteiger partial charge in [0.25, 0.3) is 5.91 Å². The highest BCUT2D eigenvalue weighted by Gasteiger charge is 2.52. The van der Waals surface area contributed by atoms with Crippen molar-refractivity contribution >= 4 is 27.9 Å². The second-order valence-corrected chi connectivity index (χ2v) is 14.8. The van der Waals surface area contributed by atoms with E-state index in [0.717, 1.165) is 12.8 Å². The summed E-state index contributed by atoms with van der Waals surface area (Å²) in [4.78, 5) is 44.9. The number of ether oxygens (including phenoxy) is 1. The van der Waals surface area contributed by atoms with Gasteiger partial charge in [-0.25, -0.2) is 18.0 Å². The standard InChI is InChI=1S/C31H40N4O6S/c1-30(2,3)41-29(38)34-20-24(26(21-34)23-8-6-5-7-9-23)19-33-16-14-31(15-17-33)27(36)35(28(37)32-31)18-22-10-12-25(13-11-22)42(4,39)40/h5-13,24,26H,14-21H2,1-4H3,(H,32,37). The number of piperidine rings is 1. The molecule has 11 heteroatoms. The molecule has 0 aliphatic carbocycles. The Balaban J connectivity index is 1.22.